The van der Waals surface area contributed by atoms with E-state index in [2.05, 4.69) is 0 Å². The number of carboxylic acids is 1. The maximum absolute atomic E-state index is 12.1. The van der Waals surface area contributed by atoms with Crippen LogP contribution in [0, 0.1) is 0 Å². The van der Waals surface area contributed by atoms with Crippen LogP contribution in [0.4, 0.5) is 0 Å². The molecule has 2 unspecified atom stereocenters. The van der Waals surface area contributed by atoms with Crippen molar-refractivity contribution in [1.29, 1.82) is 0 Å². The maximum Gasteiger partial charge on any atom is 0.324 e. The Kier molecular flexibility index (Phi) is 5.27. The fourth-order valence-electron chi connectivity index (χ4n) is 1.92. The summed E-state index contributed by atoms with van der Waals surface area (Å²) in [6, 6.07) is -1.57. The van der Waals surface area contributed by atoms with Crippen molar-refractivity contribution in [2.75, 3.05) is 13.1 Å². The molecule has 0 radical (unpaired) electrons. The Hall–Kier alpha value is -0.740. The van der Waals surface area contributed by atoms with E-state index in [9.17, 15) is 18.3 Å². The van der Waals surface area contributed by atoms with Gasteiger partial charge in [-0.1, -0.05) is 0 Å². The van der Waals surface area contributed by atoms with Gasteiger partial charge in [-0.3, -0.25) is 4.79 Å². The molecule has 0 aromatic heterocycles. The second kappa shape index (κ2) is 6.14. The lowest BCUT2D eigenvalue weighted by atomic mass is 10.2. The van der Waals surface area contributed by atoms with Crippen molar-refractivity contribution in [2.45, 2.75) is 45.1 Å². The molecule has 0 saturated carbocycles. The first kappa shape index (κ1) is 16.3. The third-order valence-corrected chi connectivity index (χ3v) is 4.28. The Labute approximate surface area is 112 Å². The minimum atomic E-state index is -3.98. The van der Waals surface area contributed by atoms with Crippen LogP contribution in [0.25, 0.3) is 0 Å². The number of carbonyl (C=O) groups is 1. The lowest BCUT2D eigenvalue weighted by Gasteiger charge is -2.35. The van der Waals surface area contributed by atoms with Crippen LogP contribution >= 0.6 is 0 Å². The predicted molar refractivity (Wildman–Crippen MR) is 66.7 cm³/mol. The first-order chi connectivity index (χ1) is 8.63. The fourth-order valence-corrected chi connectivity index (χ4v) is 3.50. The largest absolute Gasteiger partial charge is 0.480 e. The minimum Gasteiger partial charge on any atom is -0.480 e. The lowest BCUT2D eigenvalue weighted by molar-refractivity contribution is -0.141. The van der Waals surface area contributed by atoms with Gasteiger partial charge in [-0.25, -0.2) is 0 Å². The summed E-state index contributed by atoms with van der Waals surface area (Å²) in [5.41, 5.74) is 0. The number of hydrogen-bond donors (Lipinski definition) is 3. The summed E-state index contributed by atoms with van der Waals surface area (Å²) in [7, 11) is -3.98. The summed E-state index contributed by atoms with van der Waals surface area (Å²) in [5.74, 6) is -1.42. The van der Waals surface area contributed by atoms with Crippen LogP contribution in [0.1, 0.15) is 20.8 Å². The highest BCUT2D eigenvalue weighted by atomic mass is 32.2. The van der Waals surface area contributed by atoms with E-state index < -0.39 is 28.3 Å². The molecule has 112 valence electrons. The Morgan fingerprint density at radius 1 is 1.37 bits per heavy atom. The summed E-state index contributed by atoms with van der Waals surface area (Å²) in [5, 5.41) is 18.2. The summed E-state index contributed by atoms with van der Waals surface area (Å²) >= 11 is 0. The Bertz CT molecular complexity index is 414. The number of ether oxygens (including phenoxy) is 1. The fraction of sp³-hybridized carbons (Fsp3) is 0.900. The highest BCUT2D eigenvalue weighted by Gasteiger charge is 2.35. The molecule has 0 aromatic rings. The lowest BCUT2D eigenvalue weighted by Crippen LogP contribution is -2.57. The molecule has 0 spiro atoms. The zero-order chi connectivity index (χ0) is 14.8. The van der Waals surface area contributed by atoms with E-state index in [1.807, 2.05) is 4.72 Å². The molecule has 0 amide bonds. The van der Waals surface area contributed by atoms with Gasteiger partial charge in [-0.15, -0.1) is 0 Å². The number of aliphatic hydroxyl groups excluding tert-OH is 1. The van der Waals surface area contributed by atoms with Gasteiger partial charge < -0.3 is 14.9 Å². The highest BCUT2D eigenvalue weighted by molar-refractivity contribution is 7.87. The molecule has 0 bridgehead atoms. The zero-order valence-corrected chi connectivity index (χ0v) is 11.9. The molecular weight excluding hydrogens is 276 g/mol. The standard InChI is InChI=1S/C10H20N2O6S/c1-6-4-12(5-7(2)18-6)19(16,17)11-9(8(3)13)10(14)15/h6-9,11,13H,4-5H2,1-3H3,(H,14,15)/t6?,7?,8-,9+/m1/s1. The molecule has 4 atom stereocenters. The highest BCUT2D eigenvalue weighted by Crippen LogP contribution is 2.14. The third kappa shape index (κ3) is 4.39. The van der Waals surface area contributed by atoms with Crippen LogP contribution in [0.5, 0.6) is 0 Å². The summed E-state index contributed by atoms with van der Waals surface area (Å²) in [4.78, 5) is 10.9. The molecule has 3 N–H and O–H groups in total. The van der Waals surface area contributed by atoms with Crippen molar-refractivity contribution in [1.82, 2.24) is 9.03 Å². The second-order valence-corrected chi connectivity index (χ2v) is 6.46. The van der Waals surface area contributed by atoms with Gasteiger partial charge in [0.15, 0.2) is 0 Å². The molecule has 9 heteroatoms. The minimum absolute atomic E-state index is 0.145. The van der Waals surface area contributed by atoms with Crippen LogP contribution in [-0.2, 0) is 19.7 Å². The Balaban J connectivity index is 2.82. The summed E-state index contributed by atoms with van der Waals surface area (Å²) in [6.45, 7) is 4.98. The number of morpholine rings is 1. The van der Waals surface area contributed by atoms with E-state index in [1.54, 1.807) is 13.8 Å². The molecule has 1 rings (SSSR count). The molecular formula is C10H20N2O6S. The normalized spacial score (nSPS) is 28.8. The number of nitrogens with zero attached hydrogens (tertiary/aromatic N) is 1. The monoisotopic (exact) mass is 296 g/mol. The summed E-state index contributed by atoms with van der Waals surface area (Å²) in [6.07, 6.45) is -1.87. The maximum atomic E-state index is 12.1. The van der Waals surface area contributed by atoms with Crippen LogP contribution < -0.4 is 4.72 Å². The SMILES string of the molecule is CC1CN(S(=O)(=O)N[C@H](C(=O)O)[C@@H](C)O)CC(C)O1. The van der Waals surface area contributed by atoms with Crippen molar-refractivity contribution < 1.29 is 28.2 Å². The first-order valence-electron chi connectivity index (χ1n) is 5.97. The van der Waals surface area contributed by atoms with Crippen molar-refractivity contribution in [3.8, 4) is 0 Å². The topological polar surface area (TPSA) is 116 Å². The van der Waals surface area contributed by atoms with Crippen LogP contribution in [0.2, 0.25) is 0 Å². The van der Waals surface area contributed by atoms with Gasteiger partial charge >= 0.3 is 5.97 Å². The van der Waals surface area contributed by atoms with E-state index in [1.165, 1.54) is 6.92 Å². The number of aliphatic carboxylic acids is 1. The van der Waals surface area contributed by atoms with Gasteiger partial charge in [0.1, 0.15) is 6.04 Å². The van der Waals surface area contributed by atoms with E-state index in [0.717, 1.165) is 4.31 Å². The smallest absolute Gasteiger partial charge is 0.324 e. The van der Waals surface area contributed by atoms with E-state index >= 15 is 0 Å². The van der Waals surface area contributed by atoms with Gasteiger partial charge in [-0.2, -0.15) is 17.4 Å². The molecule has 1 heterocycles. The van der Waals surface area contributed by atoms with Crippen molar-refractivity contribution in [3.63, 3.8) is 0 Å². The number of aliphatic hydroxyl groups is 1. The van der Waals surface area contributed by atoms with Gasteiger partial charge in [-0.05, 0) is 20.8 Å². The van der Waals surface area contributed by atoms with Crippen LogP contribution in [0.15, 0.2) is 0 Å². The number of rotatable bonds is 5. The average Bonchev–Trinajstić information content (AvgIpc) is 2.23. The van der Waals surface area contributed by atoms with Crippen LogP contribution in [-0.4, -0.2) is 66.3 Å². The third-order valence-electron chi connectivity index (χ3n) is 2.75. The van der Waals surface area contributed by atoms with Crippen LogP contribution in [0.3, 0.4) is 0 Å². The molecule has 0 aliphatic carbocycles. The van der Waals surface area contributed by atoms with Gasteiger partial charge in [0.25, 0.3) is 10.2 Å². The molecule has 0 aromatic carbocycles. The zero-order valence-electron chi connectivity index (χ0n) is 11.1. The van der Waals surface area contributed by atoms with E-state index in [-0.39, 0.29) is 25.3 Å². The molecule has 1 saturated heterocycles. The van der Waals surface area contributed by atoms with Gasteiger partial charge in [0, 0.05) is 13.1 Å². The van der Waals surface area contributed by atoms with E-state index in [0.29, 0.717) is 0 Å². The second-order valence-electron chi connectivity index (χ2n) is 4.75. The van der Waals surface area contributed by atoms with Crippen molar-refractivity contribution in [2.24, 2.45) is 0 Å². The number of nitrogens with one attached hydrogen (secondary N) is 1. The quantitative estimate of drug-likeness (QED) is 0.584. The first-order valence-corrected chi connectivity index (χ1v) is 7.41. The molecule has 1 fully saturated rings. The molecule has 19 heavy (non-hydrogen) atoms. The van der Waals surface area contributed by atoms with Crippen molar-refractivity contribution in [3.05, 3.63) is 0 Å². The number of carboxylic acid groups (broad SMARTS) is 1. The number of hydrogen-bond acceptors (Lipinski definition) is 5. The van der Waals surface area contributed by atoms with E-state index in [4.69, 9.17) is 9.84 Å². The predicted octanol–water partition coefficient (Wildman–Crippen LogP) is -1.24. The van der Waals surface area contributed by atoms with Crippen molar-refractivity contribution >= 4 is 16.2 Å². The molecule has 8 nitrogen and oxygen atoms in total. The van der Waals surface area contributed by atoms with Gasteiger partial charge in [0.2, 0.25) is 0 Å². The average molecular weight is 296 g/mol. The Morgan fingerprint density at radius 3 is 2.21 bits per heavy atom. The van der Waals surface area contributed by atoms with Gasteiger partial charge in [0.05, 0.1) is 18.3 Å². The Morgan fingerprint density at radius 2 is 1.84 bits per heavy atom. The molecule has 1 aliphatic rings. The molecule has 1 aliphatic heterocycles. The summed E-state index contributed by atoms with van der Waals surface area (Å²) < 4.78 is 32.7.